The minimum atomic E-state index is -0.700. The van der Waals surface area contributed by atoms with Crippen molar-refractivity contribution < 1.29 is 18.7 Å². The maximum Gasteiger partial charge on any atom is 0.340 e. The molecule has 1 aromatic heterocycles. The lowest BCUT2D eigenvalue weighted by atomic mass is 9.98. The Morgan fingerprint density at radius 3 is 2.71 bits per heavy atom. The minimum absolute atomic E-state index is 0.0864. The van der Waals surface area contributed by atoms with Crippen molar-refractivity contribution >= 4 is 21.9 Å². The van der Waals surface area contributed by atoms with Gasteiger partial charge in [-0.2, -0.15) is 0 Å². The number of ether oxygens (including phenoxy) is 2. The molecule has 0 aliphatic rings. The molecule has 0 atom stereocenters. The molecule has 1 heterocycles. The number of methoxy groups -OCH3 is 2. The molecule has 0 saturated carbocycles. The third kappa shape index (κ3) is 3.21. The number of benzene rings is 1. The molecule has 0 aliphatic heterocycles. The van der Waals surface area contributed by atoms with Crippen LogP contribution < -0.4 is 4.74 Å². The Bertz CT molecular complexity index is 676. The number of hydrogen-bond acceptors (Lipinski definition) is 4. The highest BCUT2D eigenvalue weighted by atomic mass is 79.9. The summed E-state index contributed by atoms with van der Waals surface area (Å²) in [4.78, 5) is 15.6. The van der Waals surface area contributed by atoms with Crippen LogP contribution in [0.4, 0.5) is 4.39 Å². The second kappa shape index (κ2) is 6.67. The Morgan fingerprint density at radius 2 is 2.10 bits per heavy atom. The maximum absolute atomic E-state index is 14.1. The molecular formula is C15H13BrFNO3. The van der Waals surface area contributed by atoms with Crippen LogP contribution in [-0.2, 0) is 10.1 Å². The summed E-state index contributed by atoms with van der Waals surface area (Å²) >= 11 is 3.35. The lowest BCUT2D eigenvalue weighted by molar-refractivity contribution is 0.0595. The zero-order chi connectivity index (χ0) is 15.4. The van der Waals surface area contributed by atoms with E-state index in [1.165, 1.54) is 26.4 Å². The van der Waals surface area contributed by atoms with E-state index in [1.807, 2.05) is 0 Å². The molecule has 0 saturated heterocycles. The maximum atomic E-state index is 14.1. The van der Waals surface area contributed by atoms with Crippen molar-refractivity contribution in [1.29, 1.82) is 0 Å². The second-order valence-corrected chi connectivity index (χ2v) is 4.76. The number of hydrogen-bond donors (Lipinski definition) is 0. The predicted molar refractivity (Wildman–Crippen MR) is 80.2 cm³/mol. The van der Waals surface area contributed by atoms with E-state index in [-0.39, 0.29) is 5.56 Å². The third-order valence-electron chi connectivity index (χ3n) is 3.00. The van der Waals surface area contributed by atoms with E-state index in [2.05, 4.69) is 25.7 Å². The van der Waals surface area contributed by atoms with E-state index in [1.54, 1.807) is 18.3 Å². The van der Waals surface area contributed by atoms with Crippen LogP contribution in [0, 0.1) is 5.82 Å². The van der Waals surface area contributed by atoms with E-state index < -0.39 is 11.8 Å². The van der Waals surface area contributed by atoms with Crippen molar-refractivity contribution in [2.24, 2.45) is 0 Å². The van der Waals surface area contributed by atoms with Crippen molar-refractivity contribution in [1.82, 2.24) is 4.98 Å². The molecule has 110 valence electrons. The number of rotatable bonds is 4. The Labute approximate surface area is 130 Å². The standard InChI is InChI=1S/C15H13BrFNO3/c1-20-14-6-9(3-4-18-14)11-7-13(17)12(15(19)21-2)5-10(11)8-16/h3-7H,8H2,1-2H3. The van der Waals surface area contributed by atoms with Crippen molar-refractivity contribution in [3.8, 4) is 17.0 Å². The molecule has 0 radical (unpaired) electrons. The van der Waals surface area contributed by atoms with E-state index in [0.29, 0.717) is 16.8 Å². The van der Waals surface area contributed by atoms with Gasteiger partial charge in [-0.1, -0.05) is 15.9 Å². The summed E-state index contributed by atoms with van der Waals surface area (Å²) in [5, 5.41) is 0.469. The molecule has 0 aliphatic carbocycles. The molecule has 0 unspecified atom stereocenters. The molecule has 0 N–H and O–H groups in total. The van der Waals surface area contributed by atoms with Gasteiger partial charge in [0.1, 0.15) is 5.82 Å². The quantitative estimate of drug-likeness (QED) is 0.622. The molecule has 2 aromatic rings. The first kappa shape index (κ1) is 15.4. The lowest BCUT2D eigenvalue weighted by Gasteiger charge is -2.11. The summed E-state index contributed by atoms with van der Waals surface area (Å²) < 4.78 is 23.8. The fraction of sp³-hybridized carbons (Fsp3) is 0.200. The van der Waals surface area contributed by atoms with Crippen LogP contribution in [-0.4, -0.2) is 25.2 Å². The number of carbonyl (C=O) groups is 1. The van der Waals surface area contributed by atoms with Gasteiger partial charge < -0.3 is 9.47 Å². The number of esters is 1. The molecule has 6 heteroatoms. The highest BCUT2D eigenvalue weighted by molar-refractivity contribution is 9.08. The highest BCUT2D eigenvalue weighted by Gasteiger charge is 2.17. The number of carbonyl (C=O) groups excluding carboxylic acids is 1. The van der Waals surface area contributed by atoms with Crippen LogP contribution in [0.1, 0.15) is 15.9 Å². The third-order valence-corrected chi connectivity index (χ3v) is 3.60. The zero-order valence-corrected chi connectivity index (χ0v) is 13.1. The van der Waals surface area contributed by atoms with Crippen LogP contribution in [0.3, 0.4) is 0 Å². The van der Waals surface area contributed by atoms with Gasteiger partial charge in [0.2, 0.25) is 5.88 Å². The van der Waals surface area contributed by atoms with Crippen LogP contribution in [0.2, 0.25) is 0 Å². The number of nitrogens with zero attached hydrogens (tertiary/aromatic N) is 1. The van der Waals surface area contributed by atoms with Crippen LogP contribution >= 0.6 is 15.9 Å². The first-order valence-corrected chi connectivity index (χ1v) is 7.20. The molecule has 1 aromatic carbocycles. The molecule has 4 nitrogen and oxygen atoms in total. The number of aromatic nitrogens is 1. The molecule has 0 bridgehead atoms. The van der Waals surface area contributed by atoms with Gasteiger partial charge in [0.25, 0.3) is 0 Å². The van der Waals surface area contributed by atoms with Gasteiger partial charge >= 0.3 is 5.97 Å². The fourth-order valence-corrected chi connectivity index (χ4v) is 2.42. The molecule has 0 fully saturated rings. The topological polar surface area (TPSA) is 48.4 Å². The minimum Gasteiger partial charge on any atom is -0.481 e. The zero-order valence-electron chi connectivity index (χ0n) is 11.5. The summed E-state index contributed by atoms with van der Waals surface area (Å²) in [7, 11) is 2.73. The van der Waals surface area contributed by atoms with Gasteiger partial charge in [-0.15, -0.1) is 0 Å². The Hall–Kier alpha value is -1.95. The Kier molecular flexibility index (Phi) is 4.90. The van der Waals surface area contributed by atoms with E-state index in [0.717, 1.165) is 11.1 Å². The molecule has 0 amide bonds. The normalized spacial score (nSPS) is 10.3. The lowest BCUT2D eigenvalue weighted by Crippen LogP contribution is -2.06. The molecule has 0 spiro atoms. The first-order valence-electron chi connectivity index (χ1n) is 6.07. The molecule has 21 heavy (non-hydrogen) atoms. The first-order chi connectivity index (χ1) is 10.1. The SMILES string of the molecule is COC(=O)c1cc(CBr)c(-c2ccnc(OC)c2)cc1F. The molecule has 2 rings (SSSR count). The van der Waals surface area contributed by atoms with Gasteiger partial charge in [0.15, 0.2) is 0 Å². The van der Waals surface area contributed by atoms with Crippen molar-refractivity contribution in [2.45, 2.75) is 5.33 Å². The average Bonchev–Trinajstić information content (AvgIpc) is 2.53. The summed E-state index contributed by atoms with van der Waals surface area (Å²) in [5.41, 5.74) is 2.10. The van der Waals surface area contributed by atoms with Crippen LogP contribution in [0.15, 0.2) is 30.5 Å². The average molecular weight is 354 g/mol. The largest absolute Gasteiger partial charge is 0.481 e. The van der Waals surface area contributed by atoms with Gasteiger partial charge in [-0.3, -0.25) is 0 Å². The van der Waals surface area contributed by atoms with Gasteiger partial charge in [-0.05, 0) is 34.9 Å². The van der Waals surface area contributed by atoms with E-state index >= 15 is 0 Å². The van der Waals surface area contributed by atoms with Crippen molar-refractivity contribution in [3.05, 3.63) is 47.4 Å². The van der Waals surface area contributed by atoms with E-state index in [9.17, 15) is 9.18 Å². The van der Waals surface area contributed by atoms with E-state index in [4.69, 9.17) is 4.74 Å². The Morgan fingerprint density at radius 1 is 1.33 bits per heavy atom. The predicted octanol–water partition coefficient (Wildman–Crippen LogP) is 3.58. The van der Waals surface area contributed by atoms with Gasteiger partial charge in [-0.25, -0.2) is 14.2 Å². The van der Waals surface area contributed by atoms with Crippen LogP contribution in [0.25, 0.3) is 11.1 Å². The van der Waals surface area contributed by atoms with Gasteiger partial charge in [0.05, 0.1) is 19.8 Å². The molecular weight excluding hydrogens is 341 g/mol. The van der Waals surface area contributed by atoms with Crippen molar-refractivity contribution in [3.63, 3.8) is 0 Å². The summed E-state index contributed by atoms with van der Waals surface area (Å²) in [6, 6.07) is 6.26. The summed E-state index contributed by atoms with van der Waals surface area (Å²) in [6.45, 7) is 0. The van der Waals surface area contributed by atoms with Crippen LogP contribution in [0.5, 0.6) is 5.88 Å². The summed E-state index contributed by atoms with van der Waals surface area (Å²) in [5.74, 6) is -0.892. The fourth-order valence-electron chi connectivity index (χ4n) is 1.95. The number of alkyl halides is 1. The van der Waals surface area contributed by atoms with Crippen molar-refractivity contribution in [2.75, 3.05) is 14.2 Å². The Balaban J connectivity index is 2.58. The number of pyridine rings is 1. The second-order valence-electron chi connectivity index (χ2n) is 4.20. The highest BCUT2D eigenvalue weighted by Crippen LogP contribution is 2.30. The smallest absolute Gasteiger partial charge is 0.340 e. The number of halogens is 2. The summed E-state index contributed by atoms with van der Waals surface area (Å²) in [6.07, 6.45) is 1.58. The van der Waals surface area contributed by atoms with Gasteiger partial charge in [0, 0.05) is 17.6 Å². The monoisotopic (exact) mass is 353 g/mol.